The van der Waals surface area contributed by atoms with Gasteiger partial charge in [-0.3, -0.25) is 4.98 Å². The van der Waals surface area contributed by atoms with Gasteiger partial charge in [-0.15, -0.1) is 5.10 Å². The Morgan fingerprint density at radius 3 is 2.78 bits per heavy atom. The summed E-state index contributed by atoms with van der Waals surface area (Å²) in [6.45, 7) is 3.54. The molecule has 0 fully saturated rings. The second-order valence-electron chi connectivity index (χ2n) is 7.82. The van der Waals surface area contributed by atoms with E-state index < -0.39 is 13.0 Å². The van der Waals surface area contributed by atoms with Gasteiger partial charge in [-0.1, -0.05) is 17.3 Å². The lowest BCUT2D eigenvalue weighted by molar-refractivity contribution is 0.585. The van der Waals surface area contributed by atoms with E-state index in [2.05, 4.69) is 36.6 Å². The predicted molar refractivity (Wildman–Crippen MR) is 123 cm³/mol. The molecule has 8 nitrogen and oxygen atoms in total. The molecular weight excluding hydrogens is 428 g/mol. The number of aromatic nitrogens is 6. The molecule has 0 spiro atoms. The highest BCUT2D eigenvalue weighted by Gasteiger charge is 2.17. The van der Waals surface area contributed by atoms with Gasteiger partial charge in [0.25, 0.3) is 0 Å². The van der Waals surface area contributed by atoms with Crippen LogP contribution in [0.25, 0.3) is 22.2 Å². The molecule has 0 saturated heterocycles. The van der Waals surface area contributed by atoms with Gasteiger partial charge in [-0.05, 0) is 55.3 Å². The SMILES string of the molecule is CP(C)(=O)c1ccc(Nc2cnc3nnn(Cc4ccc5ncccc5c4)c3n2)cc1F. The molecule has 32 heavy (non-hydrogen) atoms. The molecule has 1 N–H and O–H groups in total. The highest BCUT2D eigenvalue weighted by molar-refractivity contribution is 7.70. The maximum atomic E-state index is 14.4. The van der Waals surface area contributed by atoms with E-state index in [-0.39, 0.29) is 5.30 Å². The van der Waals surface area contributed by atoms with E-state index in [9.17, 15) is 8.96 Å². The van der Waals surface area contributed by atoms with Crippen molar-refractivity contribution >= 4 is 46.1 Å². The van der Waals surface area contributed by atoms with Crippen molar-refractivity contribution in [1.82, 2.24) is 29.9 Å². The molecule has 0 saturated carbocycles. The topological polar surface area (TPSA) is 98.5 Å². The van der Waals surface area contributed by atoms with E-state index in [1.54, 1.807) is 16.9 Å². The Balaban J connectivity index is 1.43. The molecule has 0 atom stereocenters. The zero-order chi connectivity index (χ0) is 22.3. The van der Waals surface area contributed by atoms with Gasteiger partial charge < -0.3 is 9.88 Å². The first kappa shape index (κ1) is 20.2. The quantitative estimate of drug-likeness (QED) is 0.408. The number of halogens is 1. The molecule has 2 aromatic carbocycles. The minimum absolute atomic E-state index is 0.220. The zero-order valence-electron chi connectivity index (χ0n) is 17.4. The van der Waals surface area contributed by atoms with E-state index in [4.69, 9.17) is 0 Å². The third-order valence-electron chi connectivity index (χ3n) is 5.03. The van der Waals surface area contributed by atoms with Crippen LogP contribution in [0.2, 0.25) is 0 Å². The lowest BCUT2D eigenvalue weighted by Crippen LogP contribution is -2.09. The number of nitrogens with zero attached hydrogens (tertiary/aromatic N) is 6. The molecule has 0 bridgehead atoms. The van der Waals surface area contributed by atoms with Crippen LogP contribution < -0.4 is 10.6 Å². The van der Waals surface area contributed by atoms with E-state index in [1.807, 2.05) is 24.3 Å². The molecule has 0 amide bonds. The van der Waals surface area contributed by atoms with Crippen molar-refractivity contribution in [3.8, 4) is 0 Å². The van der Waals surface area contributed by atoms with Crippen molar-refractivity contribution in [2.75, 3.05) is 18.6 Å². The molecule has 3 heterocycles. The molecule has 10 heteroatoms. The Kier molecular flexibility index (Phi) is 4.90. The number of hydrogen-bond acceptors (Lipinski definition) is 7. The van der Waals surface area contributed by atoms with Gasteiger partial charge in [0, 0.05) is 22.6 Å². The third kappa shape index (κ3) is 3.94. The van der Waals surface area contributed by atoms with Gasteiger partial charge in [-0.25, -0.2) is 19.0 Å². The Hall–Kier alpha value is -3.71. The van der Waals surface area contributed by atoms with Crippen molar-refractivity contribution in [3.05, 3.63) is 72.3 Å². The summed E-state index contributed by atoms with van der Waals surface area (Å²) in [7, 11) is -2.69. The van der Waals surface area contributed by atoms with Crippen molar-refractivity contribution in [2.24, 2.45) is 0 Å². The number of hydrogen-bond donors (Lipinski definition) is 1. The smallest absolute Gasteiger partial charge is 0.221 e. The number of nitrogens with one attached hydrogen (secondary N) is 1. The summed E-state index contributed by atoms with van der Waals surface area (Å²) in [4.78, 5) is 13.2. The Labute approximate surface area is 182 Å². The van der Waals surface area contributed by atoms with Crippen molar-refractivity contribution in [3.63, 3.8) is 0 Å². The molecular formula is C22H19FN7OP. The van der Waals surface area contributed by atoms with E-state index in [0.29, 0.717) is 29.3 Å². The van der Waals surface area contributed by atoms with Gasteiger partial charge >= 0.3 is 0 Å². The first-order chi connectivity index (χ1) is 15.4. The Bertz CT molecular complexity index is 1510. The molecule has 5 rings (SSSR count). The number of fused-ring (bicyclic) bond motifs is 2. The molecule has 0 unspecified atom stereocenters. The van der Waals surface area contributed by atoms with Crippen LogP contribution in [0.4, 0.5) is 15.9 Å². The highest BCUT2D eigenvalue weighted by Crippen LogP contribution is 2.36. The van der Waals surface area contributed by atoms with Crippen LogP contribution >= 0.6 is 7.14 Å². The molecule has 160 valence electrons. The molecule has 0 aliphatic heterocycles. The van der Waals surface area contributed by atoms with Gasteiger partial charge in [0.15, 0.2) is 11.5 Å². The predicted octanol–water partition coefficient (Wildman–Crippen LogP) is 3.95. The third-order valence-corrected chi connectivity index (χ3v) is 6.55. The maximum absolute atomic E-state index is 14.4. The average molecular weight is 447 g/mol. The van der Waals surface area contributed by atoms with Crippen LogP contribution in [0.15, 0.2) is 60.9 Å². The largest absolute Gasteiger partial charge is 0.339 e. The summed E-state index contributed by atoms with van der Waals surface area (Å²) in [6.07, 6.45) is 3.28. The summed E-state index contributed by atoms with van der Waals surface area (Å²) in [5, 5.41) is 12.6. The van der Waals surface area contributed by atoms with Crippen LogP contribution in [0.5, 0.6) is 0 Å². The molecule has 0 radical (unpaired) electrons. The zero-order valence-corrected chi connectivity index (χ0v) is 18.3. The minimum atomic E-state index is -2.69. The van der Waals surface area contributed by atoms with E-state index in [1.165, 1.54) is 31.7 Å². The van der Waals surface area contributed by atoms with Crippen LogP contribution in [-0.4, -0.2) is 43.3 Å². The number of benzene rings is 2. The van der Waals surface area contributed by atoms with Crippen LogP contribution in [-0.2, 0) is 11.1 Å². The first-order valence-electron chi connectivity index (χ1n) is 9.89. The summed E-state index contributed by atoms with van der Waals surface area (Å²) < 4.78 is 28.2. The second kappa shape index (κ2) is 7.76. The summed E-state index contributed by atoms with van der Waals surface area (Å²) >= 11 is 0. The fourth-order valence-electron chi connectivity index (χ4n) is 3.49. The number of anilines is 2. The van der Waals surface area contributed by atoms with Gasteiger partial charge in [-0.2, -0.15) is 0 Å². The summed E-state index contributed by atoms with van der Waals surface area (Å²) in [5.74, 6) is -0.0954. The Morgan fingerprint density at radius 2 is 1.97 bits per heavy atom. The standard InChI is InChI=1S/C22H19FN7OP/c1-32(2,31)19-8-6-16(11-17(19)23)26-20-12-25-21-22(27-20)30(29-28-21)13-14-5-7-18-15(10-14)4-3-9-24-18/h3-12H,13H2,1-2H3,(H,26,27). The summed E-state index contributed by atoms with van der Waals surface area (Å²) in [6, 6.07) is 14.4. The lowest BCUT2D eigenvalue weighted by Gasteiger charge is -2.11. The molecule has 0 aliphatic rings. The average Bonchev–Trinajstić information content (AvgIpc) is 3.15. The second-order valence-corrected chi connectivity index (χ2v) is 11.0. The monoisotopic (exact) mass is 447 g/mol. The van der Waals surface area contributed by atoms with Gasteiger partial charge in [0.05, 0.1) is 18.3 Å². The first-order valence-corrected chi connectivity index (χ1v) is 12.5. The van der Waals surface area contributed by atoms with Gasteiger partial charge in [0.2, 0.25) is 5.65 Å². The molecule has 5 aromatic rings. The minimum Gasteiger partial charge on any atom is -0.339 e. The fraction of sp³-hybridized carbons (Fsp3) is 0.136. The Morgan fingerprint density at radius 1 is 1.09 bits per heavy atom. The normalized spacial score (nSPS) is 11.8. The molecule has 0 aliphatic carbocycles. The van der Waals surface area contributed by atoms with Crippen LogP contribution in [0, 0.1) is 5.82 Å². The van der Waals surface area contributed by atoms with E-state index >= 15 is 0 Å². The van der Waals surface area contributed by atoms with Crippen LogP contribution in [0.3, 0.4) is 0 Å². The van der Waals surface area contributed by atoms with Crippen LogP contribution in [0.1, 0.15) is 5.56 Å². The van der Waals surface area contributed by atoms with Crippen molar-refractivity contribution < 1.29 is 8.96 Å². The van der Waals surface area contributed by atoms with E-state index in [0.717, 1.165) is 16.5 Å². The number of rotatable bonds is 5. The van der Waals surface area contributed by atoms with Crippen molar-refractivity contribution in [2.45, 2.75) is 6.54 Å². The lowest BCUT2D eigenvalue weighted by atomic mass is 10.1. The maximum Gasteiger partial charge on any atom is 0.221 e. The van der Waals surface area contributed by atoms with Crippen molar-refractivity contribution in [1.29, 1.82) is 0 Å². The van der Waals surface area contributed by atoms with Gasteiger partial charge in [0.1, 0.15) is 13.0 Å². The highest BCUT2D eigenvalue weighted by atomic mass is 31.2. The number of pyridine rings is 1. The summed E-state index contributed by atoms with van der Waals surface area (Å²) in [5.41, 5.74) is 3.35. The fourth-order valence-corrected chi connectivity index (χ4v) is 4.50. The molecule has 3 aromatic heterocycles.